The van der Waals surface area contributed by atoms with Crippen LogP contribution in [-0.4, -0.2) is 64.3 Å². The van der Waals surface area contributed by atoms with Gasteiger partial charge in [0, 0.05) is 39.5 Å². The van der Waals surface area contributed by atoms with Crippen LogP contribution in [0, 0.1) is 5.92 Å². The van der Waals surface area contributed by atoms with Crippen molar-refractivity contribution in [3.63, 3.8) is 0 Å². The lowest BCUT2D eigenvalue weighted by Crippen LogP contribution is -2.55. The molecule has 2 rings (SSSR count). The van der Waals surface area contributed by atoms with Crippen LogP contribution in [0.5, 0.6) is 0 Å². The highest BCUT2D eigenvalue weighted by molar-refractivity contribution is 7.85. The summed E-state index contributed by atoms with van der Waals surface area (Å²) >= 11 is 0. The van der Waals surface area contributed by atoms with Gasteiger partial charge in [-0.25, -0.2) is 8.51 Å². The third kappa shape index (κ3) is 7.60. The average molecular weight is 432 g/mol. The Labute approximate surface area is 179 Å². The lowest BCUT2D eigenvalue weighted by atomic mass is 9.92. The lowest BCUT2D eigenvalue weighted by Gasteiger charge is -2.41. The number of esters is 1. The van der Waals surface area contributed by atoms with Gasteiger partial charge < -0.3 is 14.2 Å². The second-order valence-electron chi connectivity index (χ2n) is 9.34. The molecule has 0 saturated carbocycles. The SMILES string of the molecule is CCCOCCCCC1CCN(S(=O)C2(C(=O)OC(C)(C)C)CCOCC2)CC1. The second-order valence-corrected chi connectivity index (χ2v) is 11.1. The van der Waals surface area contributed by atoms with Crippen molar-refractivity contribution >= 4 is 17.0 Å². The van der Waals surface area contributed by atoms with E-state index < -0.39 is 21.3 Å². The number of nitrogens with zero attached hydrogens (tertiary/aromatic N) is 1. The Morgan fingerprint density at radius 2 is 1.79 bits per heavy atom. The molecule has 0 radical (unpaired) electrons. The first-order valence-corrected chi connectivity index (χ1v) is 12.4. The fourth-order valence-electron chi connectivity index (χ4n) is 4.02. The number of carbonyl (C=O) groups excluding carboxylic acids is 1. The molecule has 0 aliphatic carbocycles. The maximum absolute atomic E-state index is 13.5. The molecular formula is C22H41NO5S. The van der Waals surface area contributed by atoms with E-state index >= 15 is 0 Å². The van der Waals surface area contributed by atoms with Crippen LogP contribution in [0.2, 0.25) is 0 Å². The number of rotatable bonds is 10. The number of hydrogen-bond donors (Lipinski definition) is 0. The van der Waals surface area contributed by atoms with Gasteiger partial charge in [0.1, 0.15) is 16.6 Å². The zero-order valence-corrected chi connectivity index (χ0v) is 19.7. The number of unbranched alkanes of at least 4 members (excludes halogenated alkanes) is 1. The summed E-state index contributed by atoms with van der Waals surface area (Å²) in [6.45, 7) is 11.9. The Balaban J connectivity index is 1.86. The predicted octanol–water partition coefficient (Wildman–Crippen LogP) is 3.85. The van der Waals surface area contributed by atoms with Gasteiger partial charge in [0.15, 0.2) is 4.75 Å². The molecule has 0 aromatic carbocycles. The van der Waals surface area contributed by atoms with E-state index in [-0.39, 0.29) is 5.97 Å². The highest BCUT2D eigenvalue weighted by Crippen LogP contribution is 2.35. The van der Waals surface area contributed by atoms with Crippen LogP contribution >= 0.6 is 0 Å². The standard InChI is InChI=1S/C22H41NO5S/c1-5-15-26-16-7-6-8-19-9-13-23(14-10-19)29(25)22(11-17-27-18-12-22)20(24)28-21(2,3)4/h19H,5-18H2,1-4H3. The molecule has 29 heavy (non-hydrogen) atoms. The molecule has 0 amide bonds. The third-order valence-electron chi connectivity index (χ3n) is 5.71. The van der Waals surface area contributed by atoms with E-state index in [4.69, 9.17) is 14.2 Å². The molecule has 0 spiro atoms. The zero-order chi connectivity index (χ0) is 21.3. The van der Waals surface area contributed by atoms with E-state index in [9.17, 15) is 9.00 Å². The molecule has 1 unspecified atom stereocenters. The molecule has 2 aliphatic rings. The summed E-state index contributed by atoms with van der Waals surface area (Å²) in [5.41, 5.74) is -0.583. The van der Waals surface area contributed by atoms with E-state index in [0.29, 0.717) is 32.0 Å². The van der Waals surface area contributed by atoms with Crippen molar-refractivity contribution in [3.05, 3.63) is 0 Å². The Morgan fingerprint density at radius 3 is 2.38 bits per heavy atom. The molecule has 0 aromatic heterocycles. The summed E-state index contributed by atoms with van der Waals surface area (Å²) < 4.78 is 31.3. The molecule has 0 bridgehead atoms. The van der Waals surface area contributed by atoms with Crippen LogP contribution in [0.25, 0.3) is 0 Å². The molecule has 170 valence electrons. The summed E-state index contributed by atoms with van der Waals surface area (Å²) in [6.07, 6.45) is 7.61. The van der Waals surface area contributed by atoms with Gasteiger partial charge in [0.2, 0.25) is 0 Å². The first-order valence-electron chi connectivity index (χ1n) is 11.3. The molecule has 2 heterocycles. The van der Waals surface area contributed by atoms with Crippen molar-refractivity contribution in [1.82, 2.24) is 4.31 Å². The maximum atomic E-state index is 13.5. The topological polar surface area (TPSA) is 65.1 Å². The minimum Gasteiger partial charge on any atom is -0.459 e. The molecule has 1 atom stereocenters. The fraction of sp³-hybridized carbons (Fsp3) is 0.955. The fourth-order valence-corrected chi connectivity index (χ4v) is 5.75. The Morgan fingerprint density at radius 1 is 1.14 bits per heavy atom. The van der Waals surface area contributed by atoms with Crippen molar-refractivity contribution < 1.29 is 23.2 Å². The molecule has 6 nitrogen and oxygen atoms in total. The third-order valence-corrected chi connectivity index (χ3v) is 7.79. The monoisotopic (exact) mass is 431 g/mol. The summed E-state index contributed by atoms with van der Waals surface area (Å²) in [5, 5.41) is 0. The first kappa shape index (κ1) is 24.8. The largest absolute Gasteiger partial charge is 0.459 e. The van der Waals surface area contributed by atoms with E-state index in [1.165, 1.54) is 12.8 Å². The summed E-state index contributed by atoms with van der Waals surface area (Å²) in [4.78, 5) is 13.0. The molecule has 0 N–H and O–H groups in total. The van der Waals surface area contributed by atoms with Crippen LogP contribution < -0.4 is 0 Å². The summed E-state index contributed by atoms with van der Waals surface area (Å²) in [5.74, 6) is 0.349. The van der Waals surface area contributed by atoms with E-state index in [1.54, 1.807) is 0 Å². The summed E-state index contributed by atoms with van der Waals surface area (Å²) in [7, 11) is -1.38. The molecule has 2 saturated heterocycles. The van der Waals surface area contributed by atoms with Crippen molar-refractivity contribution in [1.29, 1.82) is 0 Å². The minimum absolute atomic E-state index is 0.333. The van der Waals surface area contributed by atoms with Gasteiger partial charge in [0.25, 0.3) is 0 Å². The Hall–Kier alpha value is -0.500. The molecule has 0 aromatic rings. The molecular weight excluding hydrogens is 390 g/mol. The van der Waals surface area contributed by atoms with E-state index in [1.807, 2.05) is 25.1 Å². The quantitative estimate of drug-likeness (QED) is 0.388. The second kappa shape index (κ2) is 11.8. The van der Waals surface area contributed by atoms with Crippen LogP contribution in [0.3, 0.4) is 0 Å². The molecule has 7 heteroatoms. The van der Waals surface area contributed by atoms with Crippen LogP contribution in [-0.2, 0) is 30.0 Å². The number of hydrogen-bond acceptors (Lipinski definition) is 5. The zero-order valence-electron chi connectivity index (χ0n) is 18.9. The lowest BCUT2D eigenvalue weighted by molar-refractivity contribution is -0.160. The Bertz CT molecular complexity index is 520. The normalized spacial score (nSPS) is 22.3. The van der Waals surface area contributed by atoms with Gasteiger partial charge in [-0.3, -0.25) is 4.79 Å². The smallest absolute Gasteiger partial charge is 0.326 e. The Kier molecular flexibility index (Phi) is 10.1. The number of piperidine rings is 1. The average Bonchev–Trinajstić information content (AvgIpc) is 2.70. The number of ether oxygens (including phenoxy) is 3. The van der Waals surface area contributed by atoms with Crippen LogP contribution in [0.4, 0.5) is 0 Å². The predicted molar refractivity (Wildman–Crippen MR) is 116 cm³/mol. The molecule has 2 aliphatic heterocycles. The van der Waals surface area contributed by atoms with Crippen molar-refractivity contribution in [3.8, 4) is 0 Å². The van der Waals surface area contributed by atoms with Crippen molar-refractivity contribution in [2.45, 2.75) is 89.4 Å². The highest BCUT2D eigenvalue weighted by atomic mass is 32.2. The van der Waals surface area contributed by atoms with Crippen molar-refractivity contribution in [2.24, 2.45) is 5.92 Å². The maximum Gasteiger partial charge on any atom is 0.326 e. The first-order chi connectivity index (χ1) is 13.8. The van der Waals surface area contributed by atoms with Gasteiger partial charge in [-0.05, 0) is 65.2 Å². The molecule has 2 fully saturated rings. The highest BCUT2D eigenvalue weighted by Gasteiger charge is 2.50. The van der Waals surface area contributed by atoms with E-state index in [2.05, 4.69) is 6.92 Å². The number of carbonyl (C=O) groups is 1. The van der Waals surface area contributed by atoms with Crippen LogP contribution in [0.1, 0.15) is 79.1 Å². The van der Waals surface area contributed by atoms with E-state index in [0.717, 1.165) is 52.0 Å². The van der Waals surface area contributed by atoms with Crippen LogP contribution in [0.15, 0.2) is 0 Å². The van der Waals surface area contributed by atoms with Gasteiger partial charge in [-0.15, -0.1) is 0 Å². The van der Waals surface area contributed by atoms with Gasteiger partial charge >= 0.3 is 5.97 Å². The van der Waals surface area contributed by atoms with Gasteiger partial charge in [-0.2, -0.15) is 0 Å². The summed E-state index contributed by atoms with van der Waals surface area (Å²) in [6, 6.07) is 0. The van der Waals surface area contributed by atoms with Gasteiger partial charge in [0.05, 0.1) is 0 Å². The van der Waals surface area contributed by atoms with Gasteiger partial charge in [-0.1, -0.05) is 19.8 Å². The minimum atomic E-state index is -1.38. The van der Waals surface area contributed by atoms with Crippen molar-refractivity contribution in [2.75, 3.05) is 39.5 Å².